The van der Waals surface area contributed by atoms with Crippen molar-refractivity contribution in [2.45, 2.75) is 6.54 Å². The first kappa shape index (κ1) is 20.2. The number of hydrogen-bond acceptors (Lipinski definition) is 8. The van der Waals surface area contributed by atoms with Gasteiger partial charge in [0.2, 0.25) is 5.75 Å². The van der Waals surface area contributed by atoms with Gasteiger partial charge in [0.25, 0.3) is 0 Å². The van der Waals surface area contributed by atoms with Crippen molar-refractivity contribution in [2.75, 3.05) is 54.2 Å². The molecule has 0 aliphatic carbocycles. The second kappa shape index (κ2) is 8.72. The summed E-state index contributed by atoms with van der Waals surface area (Å²) in [4.78, 5) is 26.7. The first-order valence-electron chi connectivity index (χ1n) is 9.71. The number of imidazole rings is 1. The summed E-state index contributed by atoms with van der Waals surface area (Å²) in [6.07, 6.45) is 1.61. The van der Waals surface area contributed by atoms with Crippen LogP contribution < -0.4 is 19.9 Å². The average Bonchev–Trinajstić information content (AvgIpc) is 3.11. The van der Waals surface area contributed by atoms with E-state index in [1.54, 1.807) is 38.2 Å². The minimum atomic E-state index is -0.227. The van der Waals surface area contributed by atoms with E-state index in [2.05, 4.69) is 14.9 Å². The zero-order chi connectivity index (χ0) is 21.1. The third-order valence-corrected chi connectivity index (χ3v) is 5.20. The summed E-state index contributed by atoms with van der Waals surface area (Å²) < 4.78 is 23.4. The van der Waals surface area contributed by atoms with Crippen LogP contribution in [-0.4, -0.2) is 78.6 Å². The molecule has 1 N–H and O–H groups in total. The van der Waals surface area contributed by atoms with E-state index >= 15 is 0 Å². The van der Waals surface area contributed by atoms with Gasteiger partial charge in [0.05, 0.1) is 46.4 Å². The van der Waals surface area contributed by atoms with Gasteiger partial charge in [-0.05, 0) is 12.1 Å². The fourth-order valence-electron chi connectivity index (χ4n) is 3.63. The van der Waals surface area contributed by atoms with Crippen molar-refractivity contribution in [1.29, 1.82) is 0 Å². The lowest BCUT2D eigenvalue weighted by molar-refractivity contribution is 0.0364. The predicted molar refractivity (Wildman–Crippen MR) is 110 cm³/mol. The van der Waals surface area contributed by atoms with Crippen LogP contribution in [0.4, 0.5) is 0 Å². The second-order valence-corrected chi connectivity index (χ2v) is 6.85. The zero-order valence-electron chi connectivity index (χ0n) is 17.3. The number of aromatic amines is 1. The first-order chi connectivity index (χ1) is 14.7. The number of rotatable bonds is 7. The van der Waals surface area contributed by atoms with Crippen molar-refractivity contribution in [3.05, 3.63) is 28.8 Å². The molecule has 4 rings (SSSR count). The molecule has 0 unspecified atom stereocenters. The molecule has 0 spiro atoms. The highest BCUT2D eigenvalue weighted by molar-refractivity contribution is 5.77. The molecule has 3 aromatic rings. The van der Waals surface area contributed by atoms with E-state index in [4.69, 9.17) is 23.9 Å². The molecule has 0 amide bonds. The van der Waals surface area contributed by atoms with Crippen LogP contribution in [0.5, 0.6) is 17.2 Å². The summed E-state index contributed by atoms with van der Waals surface area (Å²) in [5, 5.41) is 0. The number of fused-ring (bicyclic) bond motifs is 1. The number of hydrogen-bond donors (Lipinski definition) is 1. The van der Waals surface area contributed by atoms with Crippen LogP contribution in [0.25, 0.3) is 22.6 Å². The molecule has 1 aliphatic heterocycles. The van der Waals surface area contributed by atoms with Gasteiger partial charge < -0.3 is 18.9 Å². The largest absolute Gasteiger partial charge is 0.493 e. The average molecular weight is 415 g/mol. The summed E-state index contributed by atoms with van der Waals surface area (Å²) in [6.45, 7) is 4.40. The molecule has 0 radical (unpaired) electrons. The van der Waals surface area contributed by atoms with E-state index in [-0.39, 0.29) is 5.69 Å². The van der Waals surface area contributed by atoms with Crippen molar-refractivity contribution in [2.24, 2.45) is 0 Å². The summed E-state index contributed by atoms with van der Waals surface area (Å²) in [5.41, 5.74) is 1.99. The van der Waals surface area contributed by atoms with Crippen molar-refractivity contribution in [3.8, 4) is 28.5 Å². The molecule has 160 valence electrons. The Morgan fingerprint density at radius 2 is 1.83 bits per heavy atom. The van der Waals surface area contributed by atoms with E-state index in [1.165, 1.54) is 0 Å². The van der Waals surface area contributed by atoms with Gasteiger partial charge in [-0.2, -0.15) is 0 Å². The molecular weight excluding hydrogens is 390 g/mol. The van der Waals surface area contributed by atoms with E-state index in [1.807, 2.05) is 6.07 Å². The van der Waals surface area contributed by atoms with Crippen molar-refractivity contribution in [3.63, 3.8) is 0 Å². The summed E-state index contributed by atoms with van der Waals surface area (Å²) in [7, 11) is 4.67. The molecule has 10 heteroatoms. The molecule has 0 saturated carbocycles. The number of ether oxygens (including phenoxy) is 4. The topological polar surface area (TPSA) is 104 Å². The normalized spacial score (nSPS) is 14.8. The van der Waals surface area contributed by atoms with Crippen LogP contribution in [0.3, 0.4) is 0 Å². The Labute approximate surface area is 173 Å². The maximum atomic E-state index is 12.5. The van der Waals surface area contributed by atoms with Gasteiger partial charge in [0.1, 0.15) is 0 Å². The lowest BCUT2D eigenvalue weighted by atomic mass is 10.1. The Hall–Kier alpha value is -3.11. The number of morpholine rings is 1. The molecule has 30 heavy (non-hydrogen) atoms. The number of methoxy groups -OCH3 is 3. The molecule has 1 aliphatic rings. The van der Waals surface area contributed by atoms with Gasteiger partial charge in [0, 0.05) is 31.7 Å². The van der Waals surface area contributed by atoms with Crippen LogP contribution >= 0.6 is 0 Å². The van der Waals surface area contributed by atoms with E-state index < -0.39 is 0 Å². The molecule has 1 fully saturated rings. The van der Waals surface area contributed by atoms with Crippen LogP contribution in [0.1, 0.15) is 0 Å². The summed E-state index contributed by atoms with van der Waals surface area (Å²) >= 11 is 0. The van der Waals surface area contributed by atoms with Crippen molar-refractivity contribution >= 4 is 11.3 Å². The highest BCUT2D eigenvalue weighted by atomic mass is 16.5. The Morgan fingerprint density at radius 3 is 2.53 bits per heavy atom. The fourth-order valence-corrected chi connectivity index (χ4v) is 3.63. The summed E-state index contributed by atoms with van der Waals surface area (Å²) in [5.74, 6) is 1.51. The fraction of sp³-hybridized carbons (Fsp3) is 0.450. The van der Waals surface area contributed by atoms with Gasteiger partial charge in [-0.25, -0.2) is 14.8 Å². The Bertz CT molecular complexity index is 1090. The maximum absolute atomic E-state index is 12.5. The van der Waals surface area contributed by atoms with Gasteiger partial charge in [-0.3, -0.25) is 14.5 Å². The summed E-state index contributed by atoms with van der Waals surface area (Å²) in [6, 6.07) is 3.62. The van der Waals surface area contributed by atoms with Crippen LogP contribution in [0.15, 0.2) is 23.1 Å². The van der Waals surface area contributed by atoms with E-state index in [0.717, 1.165) is 19.6 Å². The van der Waals surface area contributed by atoms with Gasteiger partial charge >= 0.3 is 5.69 Å². The molecule has 0 bridgehead atoms. The minimum Gasteiger partial charge on any atom is -0.493 e. The van der Waals surface area contributed by atoms with Gasteiger partial charge in [-0.1, -0.05) is 0 Å². The zero-order valence-corrected chi connectivity index (χ0v) is 17.3. The smallest absolute Gasteiger partial charge is 0.328 e. The van der Waals surface area contributed by atoms with Crippen LogP contribution in [0.2, 0.25) is 0 Å². The van der Waals surface area contributed by atoms with Crippen molar-refractivity contribution < 1.29 is 18.9 Å². The number of benzene rings is 1. The van der Waals surface area contributed by atoms with Crippen LogP contribution in [-0.2, 0) is 11.3 Å². The Balaban J connectivity index is 1.72. The van der Waals surface area contributed by atoms with E-state index in [9.17, 15) is 4.79 Å². The van der Waals surface area contributed by atoms with E-state index in [0.29, 0.717) is 59.6 Å². The maximum Gasteiger partial charge on any atom is 0.328 e. The van der Waals surface area contributed by atoms with Crippen molar-refractivity contribution in [1.82, 2.24) is 24.4 Å². The molecule has 2 aromatic heterocycles. The lowest BCUT2D eigenvalue weighted by Gasteiger charge is -2.26. The number of nitrogens with one attached hydrogen (secondary N) is 1. The SMILES string of the molecule is COc1ccc(-c2cnc3[nH]c(=O)n(CCN4CCOCC4)c3n2)c(OC)c1OC. The quantitative estimate of drug-likeness (QED) is 0.613. The highest BCUT2D eigenvalue weighted by Gasteiger charge is 2.20. The standard InChI is InChI=1S/C20H25N5O5/c1-27-15-5-4-13(16(28-2)17(15)29-3)14-12-21-18-19(22-14)25(20(26)23-18)7-6-24-8-10-30-11-9-24/h4-5,12H,6-11H2,1-3H3,(H,21,23,26). The third kappa shape index (κ3) is 3.71. The molecule has 0 atom stereocenters. The number of H-pyrrole nitrogens is 1. The first-order valence-corrected chi connectivity index (χ1v) is 9.71. The van der Waals surface area contributed by atoms with Gasteiger partial charge in [-0.15, -0.1) is 0 Å². The monoisotopic (exact) mass is 415 g/mol. The minimum absolute atomic E-state index is 0.227. The number of nitrogens with zero attached hydrogens (tertiary/aromatic N) is 4. The lowest BCUT2D eigenvalue weighted by Crippen LogP contribution is -2.39. The third-order valence-electron chi connectivity index (χ3n) is 5.20. The molecule has 1 aromatic carbocycles. The Kier molecular flexibility index (Phi) is 5.86. The number of aromatic nitrogens is 4. The molecule has 1 saturated heterocycles. The van der Waals surface area contributed by atoms with Crippen LogP contribution in [0, 0.1) is 0 Å². The molecule has 10 nitrogen and oxygen atoms in total. The highest BCUT2D eigenvalue weighted by Crippen LogP contribution is 2.43. The molecular formula is C20H25N5O5. The molecule has 3 heterocycles. The second-order valence-electron chi connectivity index (χ2n) is 6.85. The Morgan fingerprint density at radius 1 is 1.07 bits per heavy atom. The van der Waals surface area contributed by atoms with Gasteiger partial charge in [0.15, 0.2) is 22.8 Å². The predicted octanol–water partition coefficient (Wildman–Crippen LogP) is 1.14.